The molecule has 106 valence electrons. The zero-order chi connectivity index (χ0) is 13.9. The fourth-order valence-corrected chi connectivity index (χ4v) is 2.94. The number of carbonyl (C=O) groups excluding carboxylic acids is 1. The SMILES string of the molecule is CN(CC1CCCNC1)C(=O)c1cc2ccccc2[nH]1. The minimum absolute atomic E-state index is 0.0757. The summed E-state index contributed by atoms with van der Waals surface area (Å²) in [6, 6.07) is 9.92. The number of hydrogen-bond acceptors (Lipinski definition) is 2. The van der Waals surface area contributed by atoms with Gasteiger partial charge in [-0.05, 0) is 44.0 Å². The predicted octanol–water partition coefficient (Wildman–Crippen LogP) is 2.24. The molecule has 20 heavy (non-hydrogen) atoms. The maximum absolute atomic E-state index is 12.5. The number of aromatic nitrogens is 1. The van der Waals surface area contributed by atoms with Gasteiger partial charge in [-0.25, -0.2) is 0 Å². The van der Waals surface area contributed by atoms with Crippen molar-refractivity contribution in [3.63, 3.8) is 0 Å². The molecule has 0 bridgehead atoms. The number of H-pyrrole nitrogens is 1. The molecule has 0 saturated carbocycles. The van der Waals surface area contributed by atoms with Gasteiger partial charge in [0.25, 0.3) is 5.91 Å². The van der Waals surface area contributed by atoms with E-state index in [0.29, 0.717) is 11.6 Å². The first kappa shape index (κ1) is 13.2. The topological polar surface area (TPSA) is 48.1 Å². The molecule has 1 aliphatic rings. The number of amides is 1. The molecule has 3 rings (SSSR count). The number of nitrogens with zero attached hydrogens (tertiary/aromatic N) is 1. The smallest absolute Gasteiger partial charge is 0.270 e. The summed E-state index contributed by atoms with van der Waals surface area (Å²) in [6.07, 6.45) is 2.41. The lowest BCUT2D eigenvalue weighted by Gasteiger charge is -2.27. The second-order valence-corrected chi connectivity index (χ2v) is 5.67. The van der Waals surface area contributed by atoms with Crippen LogP contribution in [-0.2, 0) is 0 Å². The highest BCUT2D eigenvalue weighted by Crippen LogP contribution is 2.17. The van der Waals surface area contributed by atoms with E-state index in [2.05, 4.69) is 10.3 Å². The fraction of sp³-hybridized carbons (Fsp3) is 0.438. The van der Waals surface area contributed by atoms with E-state index in [1.165, 1.54) is 12.8 Å². The molecule has 1 aromatic heterocycles. The molecule has 0 spiro atoms. The molecule has 2 N–H and O–H groups in total. The summed E-state index contributed by atoms with van der Waals surface area (Å²) in [5, 5.41) is 4.48. The molecule has 2 aromatic rings. The molecule has 1 aliphatic heterocycles. The molecular formula is C16H21N3O. The van der Waals surface area contributed by atoms with Gasteiger partial charge in [0.15, 0.2) is 0 Å². The summed E-state index contributed by atoms with van der Waals surface area (Å²) in [5.41, 5.74) is 1.70. The van der Waals surface area contributed by atoms with Crippen LogP contribution in [0.2, 0.25) is 0 Å². The summed E-state index contributed by atoms with van der Waals surface area (Å²) in [4.78, 5) is 17.5. The molecule has 1 atom stereocenters. The second kappa shape index (κ2) is 5.67. The third-order valence-electron chi connectivity index (χ3n) is 4.04. The van der Waals surface area contributed by atoms with Crippen LogP contribution in [0.1, 0.15) is 23.3 Å². The minimum atomic E-state index is 0.0757. The summed E-state index contributed by atoms with van der Waals surface area (Å²) in [5.74, 6) is 0.647. The number of aromatic amines is 1. The minimum Gasteiger partial charge on any atom is -0.351 e. The van der Waals surface area contributed by atoms with Crippen molar-refractivity contribution in [1.29, 1.82) is 0 Å². The lowest BCUT2D eigenvalue weighted by Crippen LogP contribution is -2.39. The van der Waals surface area contributed by atoms with Crippen molar-refractivity contribution < 1.29 is 4.79 Å². The highest BCUT2D eigenvalue weighted by molar-refractivity contribution is 5.97. The van der Waals surface area contributed by atoms with Crippen LogP contribution in [0.25, 0.3) is 10.9 Å². The van der Waals surface area contributed by atoms with E-state index >= 15 is 0 Å². The number of rotatable bonds is 3. The molecule has 0 radical (unpaired) electrons. The van der Waals surface area contributed by atoms with E-state index in [4.69, 9.17) is 0 Å². The van der Waals surface area contributed by atoms with Gasteiger partial charge in [-0.3, -0.25) is 4.79 Å². The van der Waals surface area contributed by atoms with Crippen molar-refractivity contribution in [3.05, 3.63) is 36.0 Å². The molecule has 0 aliphatic carbocycles. The number of carbonyl (C=O) groups is 1. The Labute approximate surface area is 119 Å². The average molecular weight is 271 g/mol. The summed E-state index contributed by atoms with van der Waals surface area (Å²) < 4.78 is 0. The Morgan fingerprint density at radius 3 is 3.00 bits per heavy atom. The van der Waals surface area contributed by atoms with Crippen LogP contribution in [0.3, 0.4) is 0 Å². The Balaban J connectivity index is 1.70. The lowest BCUT2D eigenvalue weighted by atomic mass is 9.99. The molecule has 2 heterocycles. The monoisotopic (exact) mass is 271 g/mol. The Kier molecular flexibility index (Phi) is 3.74. The van der Waals surface area contributed by atoms with Crippen molar-refractivity contribution >= 4 is 16.8 Å². The predicted molar refractivity (Wildman–Crippen MR) is 80.9 cm³/mol. The van der Waals surface area contributed by atoms with Crippen LogP contribution < -0.4 is 5.32 Å². The summed E-state index contributed by atoms with van der Waals surface area (Å²) in [7, 11) is 1.89. The van der Waals surface area contributed by atoms with Crippen LogP contribution in [0.4, 0.5) is 0 Å². The average Bonchev–Trinajstić information content (AvgIpc) is 2.91. The highest BCUT2D eigenvalue weighted by atomic mass is 16.2. The van der Waals surface area contributed by atoms with Crippen molar-refractivity contribution in [1.82, 2.24) is 15.2 Å². The molecule has 1 amide bonds. The summed E-state index contributed by atoms with van der Waals surface area (Å²) in [6.45, 7) is 2.95. The molecule has 1 unspecified atom stereocenters. The standard InChI is InChI=1S/C16H21N3O/c1-19(11-12-5-4-8-17-10-12)16(20)15-9-13-6-2-3-7-14(13)18-15/h2-3,6-7,9,12,17-18H,4-5,8,10-11H2,1H3. The van der Waals surface area contributed by atoms with Gasteiger partial charge in [0, 0.05) is 24.5 Å². The van der Waals surface area contributed by atoms with E-state index in [0.717, 1.165) is 30.5 Å². The van der Waals surface area contributed by atoms with Gasteiger partial charge >= 0.3 is 0 Å². The fourth-order valence-electron chi connectivity index (χ4n) is 2.94. The quantitative estimate of drug-likeness (QED) is 0.899. The molecule has 1 saturated heterocycles. The molecule has 1 aromatic carbocycles. The van der Waals surface area contributed by atoms with Crippen molar-refractivity contribution in [2.45, 2.75) is 12.8 Å². The molecule has 4 heteroatoms. The van der Waals surface area contributed by atoms with Crippen LogP contribution in [0, 0.1) is 5.92 Å². The Hall–Kier alpha value is -1.81. The third-order valence-corrected chi connectivity index (χ3v) is 4.04. The van der Waals surface area contributed by atoms with E-state index in [1.807, 2.05) is 42.3 Å². The molecule has 4 nitrogen and oxygen atoms in total. The first-order valence-corrected chi connectivity index (χ1v) is 7.28. The first-order chi connectivity index (χ1) is 9.74. The molecular weight excluding hydrogens is 250 g/mol. The van der Waals surface area contributed by atoms with E-state index in [-0.39, 0.29) is 5.91 Å². The zero-order valence-electron chi connectivity index (χ0n) is 11.9. The van der Waals surface area contributed by atoms with Gasteiger partial charge in [-0.2, -0.15) is 0 Å². The van der Waals surface area contributed by atoms with Crippen molar-refractivity contribution in [3.8, 4) is 0 Å². The van der Waals surface area contributed by atoms with Gasteiger partial charge < -0.3 is 15.2 Å². The zero-order valence-corrected chi connectivity index (χ0v) is 11.9. The van der Waals surface area contributed by atoms with Crippen LogP contribution >= 0.6 is 0 Å². The third kappa shape index (κ3) is 2.70. The van der Waals surface area contributed by atoms with Crippen molar-refractivity contribution in [2.75, 3.05) is 26.7 Å². The Morgan fingerprint density at radius 2 is 2.25 bits per heavy atom. The number of para-hydroxylation sites is 1. The number of nitrogens with one attached hydrogen (secondary N) is 2. The number of piperidine rings is 1. The van der Waals surface area contributed by atoms with E-state index in [1.54, 1.807) is 0 Å². The maximum atomic E-state index is 12.5. The Bertz CT molecular complexity index is 566. The van der Waals surface area contributed by atoms with E-state index < -0.39 is 0 Å². The number of benzene rings is 1. The van der Waals surface area contributed by atoms with Gasteiger partial charge in [-0.1, -0.05) is 18.2 Å². The Morgan fingerprint density at radius 1 is 1.40 bits per heavy atom. The largest absolute Gasteiger partial charge is 0.351 e. The number of hydrogen-bond donors (Lipinski definition) is 2. The van der Waals surface area contributed by atoms with Gasteiger partial charge in [0.1, 0.15) is 5.69 Å². The van der Waals surface area contributed by atoms with Crippen LogP contribution in [0.15, 0.2) is 30.3 Å². The number of fused-ring (bicyclic) bond motifs is 1. The van der Waals surface area contributed by atoms with E-state index in [9.17, 15) is 4.79 Å². The van der Waals surface area contributed by atoms with Crippen LogP contribution in [0.5, 0.6) is 0 Å². The maximum Gasteiger partial charge on any atom is 0.270 e. The van der Waals surface area contributed by atoms with Gasteiger partial charge in [-0.15, -0.1) is 0 Å². The van der Waals surface area contributed by atoms with Gasteiger partial charge in [0.2, 0.25) is 0 Å². The van der Waals surface area contributed by atoms with Crippen molar-refractivity contribution in [2.24, 2.45) is 5.92 Å². The lowest BCUT2D eigenvalue weighted by molar-refractivity contribution is 0.0760. The van der Waals surface area contributed by atoms with Crippen LogP contribution in [-0.4, -0.2) is 42.5 Å². The van der Waals surface area contributed by atoms with Gasteiger partial charge in [0.05, 0.1) is 0 Å². The second-order valence-electron chi connectivity index (χ2n) is 5.67. The normalized spacial score (nSPS) is 19.1. The summed E-state index contributed by atoms with van der Waals surface area (Å²) >= 11 is 0. The first-order valence-electron chi connectivity index (χ1n) is 7.28. The highest BCUT2D eigenvalue weighted by Gasteiger charge is 2.20. The molecule has 1 fully saturated rings.